The largest absolute Gasteiger partial charge is 0.347 e. The number of nitrogens with zero attached hydrogens (tertiary/aromatic N) is 1. The zero-order valence-corrected chi connectivity index (χ0v) is 14.8. The molecule has 0 unspecified atom stereocenters. The first-order chi connectivity index (χ1) is 10.8. The third-order valence-corrected chi connectivity index (χ3v) is 6.69. The number of hydrogen-bond acceptors (Lipinski definition) is 3. The van der Waals surface area contributed by atoms with Gasteiger partial charge in [0, 0.05) is 30.2 Å². The minimum Gasteiger partial charge on any atom is -0.347 e. The fourth-order valence-electron chi connectivity index (χ4n) is 3.37. The molecule has 0 radical (unpaired) electrons. The van der Waals surface area contributed by atoms with Crippen molar-refractivity contribution in [3.63, 3.8) is 0 Å². The zero-order chi connectivity index (χ0) is 16.7. The molecule has 5 nitrogen and oxygen atoms in total. The number of hydrogen-bond donors (Lipinski definition) is 2. The van der Waals surface area contributed by atoms with E-state index in [0.29, 0.717) is 11.4 Å². The Hall–Kier alpha value is -1.37. The number of piperidine rings is 1. The lowest BCUT2D eigenvalue weighted by molar-refractivity contribution is 0.232. The summed E-state index contributed by atoms with van der Waals surface area (Å²) in [4.78, 5) is 0.410. The second kappa shape index (κ2) is 5.92. The van der Waals surface area contributed by atoms with Crippen molar-refractivity contribution in [3.05, 3.63) is 30.0 Å². The average Bonchev–Trinajstić information content (AvgIpc) is 2.79. The Morgan fingerprint density at radius 1 is 1.26 bits per heavy atom. The second-order valence-electron chi connectivity index (χ2n) is 6.88. The molecular weight excluding hydrogens is 310 g/mol. The van der Waals surface area contributed by atoms with Crippen LogP contribution in [0, 0.1) is 12.3 Å². The van der Waals surface area contributed by atoms with Crippen LogP contribution in [0.3, 0.4) is 0 Å². The predicted octanol–water partition coefficient (Wildman–Crippen LogP) is 2.15. The molecule has 3 rings (SSSR count). The van der Waals surface area contributed by atoms with Crippen LogP contribution >= 0.6 is 0 Å². The summed E-state index contributed by atoms with van der Waals surface area (Å²) in [6.07, 6.45) is 1.98. The van der Waals surface area contributed by atoms with Crippen molar-refractivity contribution in [2.45, 2.75) is 31.6 Å². The topological polar surface area (TPSA) is 63.1 Å². The highest BCUT2D eigenvalue weighted by Crippen LogP contribution is 2.31. The first-order valence-corrected chi connectivity index (χ1v) is 9.57. The fourth-order valence-corrected chi connectivity index (χ4v) is 5.04. The minimum absolute atomic E-state index is 0.0246. The molecule has 1 fully saturated rings. The van der Waals surface area contributed by atoms with Crippen molar-refractivity contribution in [1.29, 1.82) is 0 Å². The normalized spacial score (nSPS) is 18.4. The molecule has 0 bridgehead atoms. The first-order valence-electron chi connectivity index (χ1n) is 8.08. The third-order valence-electron chi connectivity index (χ3n) is 5.11. The maximum absolute atomic E-state index is 12.9. The van der Waals surface area contributed by atoms with Gasteiger partial charge in [-0.25, -0.2) is 13.1 Å². The van der Waals surface area contributed by atoms with Crippen molar-refractivity contribution in [1.82, 2.24) is 14.6 Å². The number of para-hydroxylation sites is 1. The van der Waals surface area contributed by atoms with Gasteiger partial charge in [-0.3, -0.25) is 0 Å². The number of benzene rings is 1. The summed E-state index contributed by atoms with van der Waals surface area (Å²) >= 11 is 0. The third kappa shape index (κ3) is 3.03. The Labute approximate surface area is 138 Å². The van der Waals surface area contributed by atoms with Crippen LogP contribution in [-0.4, -0.2) is 32.6 Å². The van der Waals surface area contributed by atoms with Gasteiger partial charge in [0.1, 0.15) is 4.90 Å². The molecule has 0 aliphatic carbocycles. The molecule has 1 aliphatic rings. The van der Waals surface area contributed by atoms with E-state index in [-0.39, 0.29) is 5.41 Å². The van der Waals surface area contributed by atoms with Crippen LogP contribution in [0.4, 0.5) is 0 Å². The monoisotopic (exact) mass is 335 g/mol. The molecule has 1 aromatic heterocycles. The number of sulfonamides is 1. The van der Waals surface area contributed by atoms with E-state index in [1.54, 1.807) is 0 Å². The number of fused-ring (bicyclic) bond motifs is 1. The summed E-state index contributed by atoms with van der Waals surface area (Å²) in [6.45, 7) is 6.41. The van der Waals surface area contributed by atoms with E-state index < -0.39 is 10.0 Å². The van der Waals surface area contributed by atoms with E-state index >= 15 is 0 Å². The van der Waals surface area contributed by atoms with Gasteiger partial charge in [0.2, 0.25) is 10.0 Å². The van der Waals surface area contributed by atoms with Gasteiger partial charge in [0.05, 0.1) is 0 Å². The lowest BCUT2D eigenvalue weighted by Crippen LogP contribution is -2.42. The predicted molar refractivity (Wildman–Crippen MR) is 93.1 cm³/mol. The molecule has 2 aromatic rings. The smallest absolute Gasteiger partial charge is 0.242 e. The molecule has 1 aromatic carbocycles. The lowest BCUT2D eigenvalue weighted by Gasteiger charge is -2.34. The first kappa shape index (κ1) is 16.5. The maximum Gasteiger partial charge on any atom is 0.242 e. The van der Waals surface area contributed by atoms with Crippen molar-refractivity contribution in [3.8, 4) is 0 Å². The summed E-state index contributed by atoms with van der Waals surface area (Å²) in [7, 11) is -1.62. The van der Waals surface area contributed by atoms with Crippen molar-refractivity contribution in [2.75, 3.05) is 19.6 Å². The molecule has 23 heavy (non-hydrogen) atoms. The summed E-state index contributed by atoms with van der Waals surface area (Å²) in [6, 6.07) is 7.65. The van der Waals surface area contributed by atoms with E-state index in [2.05, 4.69) is 17.0 Å². The second-order valence-corrected chi connectivity index (χ2v) is 8.58. The molecular formula is C17H25N3O2S. The number of rotatable bonds is 4. The van der Waals surface area contributed by atoms with Crippen LogP contribution in [-0.2, 0) is 17.1 Å². The molecule has 126 valence electrons. The van der Waals surface area contributed by atoms with Crippen LogP contribution < -0.4 is 10.0 Å². The van der Waals surface area contributed by atoms with Crippen molar-refractivity contribution < 1.29 is 8.42 Å². The molecule has 0 spiro atoms. The summed E-state index contributed by atoms with van der Waals surface area (Å²) in [5.74, 6) is 0. The van der Waals surface area contributed by atoms with Crippen LogP contribution in [0.25, 0.3) is 10.9 Å². The molecule has 1 saturated heterocycles. The van der Waals surface area contributed by atoms with E-state index in [1.807, 2.05) is 42.8 Å². The summed E-state index contributed by atoms with van der Waals surface area (Å²) < 4.78 is 30.7. The van der Waals surface area contributed by atoms with E-state index in [1.165, 1.54) is 0 Å². The SMILES string of the molecule is Cc1c(S(=O)(=O)NCC2(C)CCNCC2)c2ccccc2n1C. The Balaban J connectivity index is 1.93. The van der Waals surface area contributed by atoms with Gasteiger partial charge in [0.25, 0.3) is 0 Å². The zero-order valence-electron chi connectivity index (χ0n) is 14.0. The minimum atomic E-state index is -3.53. The molecule has 0 amide bonds. The molecule has 2 N–H and O–H groups in total. The molecule has 0 saturated carbocycles. The van der Waals surface area contributed by atoms with Gasteiger partial charge in [-0.15, -0.1) is 0 Å². The molecule has 2 heterocycles. The van der Waals surface area contributed by atoms with E-state index in [0.717, 1.165) is 42.5 Å². The number of aromatic nitrogens is 1. The van der Waals surface area contributed by atoms with Gasteiger partial charge in [-0.1, -0.05) is 25.1 Å². The lowest BCUT2D eigenvalue weighted by atomic mass is 9.81. The summed E-state index contributed by atoms with van der Waals surface area (Å²) in [5.41, 5.74) is 1.74. The summed E-state index contributed by atoms with van der Waals surface area (Å²) in [5, 5.41) is 4.11. The molecule has 6 heteroatoms. The highest BCUT2D eigenvalue weighted by molar-refractivity contribution is 7.89. The van der Waals surface area contributed by atoms with Crippen LogP contribution in [0.15, 0.2) is 29.2 Å². The van der Waals surface area contributed by atoms with E-state index in [9.17, 15) is 8.42 Å². The van der Waals surface area contributed by atoms with Crippen molar-refractivity contribution >= 4 is 20.9 Å². The maximum atomic E-state index is 12.9. The van der Waals surface area contributed by atoms with Crippen LogP contribution in [0.5, 0.6) is 0 Å². The molecule has 1 aliphatic heterocycles. The fraction of sp³-hybridized carbons (Fsp3) is 0.529. The highest BCUT2D eigenvalue weighted by Gasteiger charge is 2.30. The van der Waals surface area contributed by atoms with Gasteiger partial charge >= 0.3 is 0 Å². The van der Waals surface area contributed by atoms with Gasteiger partial charge in [-0.2, -0.15) is 0 Å². The molecule has 0 atom stereocenters. The van der Waals surface area contributed by atoms with Gasteiger partial charge in [0.15, 0.2) is 0 Å². The average molecular weight is 335 g/mol. The quantitative estimate of drug-likeness (QED) is 0.900. The standard InChI is InChI=1S/C17H25N3O2S/c1-13-16(14-6-4-5-7-15(14)20(13)3)23(21,22)19-12-17(2)8-10-18-11-9-17/h4-7,18-19H,8-12H2,1-3H3. The Bertz CT molecular complexity index is 818. The van der Waals surface area contributed by atoms with Crippen LogP contribution in [0.1, 0.15) is 25.5 Å². The Kier molecular flexibility index (Phi) is 4.25. The Morgan fingerprint density at radius 3 is 2.61 bits per heavy atom. The van der Waals surface area contributed by atoms with E-state index in [4.69, 9.17) is 0 Å². The number of nitrogens with one attached hydrogen (secondary N) is 2. The Morgan fingerprint density at radius 2 is 1.91 bits per heavy atom. The number of aryl methyl sites for hydroxylation is 1. The van der Waals surface area contributed by atoms with Gasteiger partial charge in [-0.05, 0) is 44.3 Å². The van der Waals surface area contributed by atoms with Crippen LogP contribution in [0.2, 0.25) is 0 Å². The van der Waals surface area contributed by atoms with Crippen molar-refractivity contribution in [2.24, 2.45) is 12.5 Å². The van der Waals surface area contributed by atoms with Gasteiger partial charge < -0.3 is 9.88 Å². The highest BCUT2D eigenvalue weighted by atomic mass is 32.2.